The van der Waals surface area contributed by atoms with Crippen molar-refractivity contribution >= 4 is 21.9 Å². The highest BCUT2D eigenvalue weighted by molar-refractivity contribution is 9.10. The van der Waals surface area contributed by atoms with Crippen molar-refractivity contribution in [3.05, 3.63) is 34.3 Å². The fraction of sp³-hybridized carbons (Fsp3) is 0.364. The second kappa shape index (κ2) is 6.19. The summed E-state index contributed by atoms with van der Waals surface area (Å²) < 4.78 is 37.8. The quantitative estimate of drug-likeness (QED) is 0.875. The lowest BCUT2D eigenvalue weighted by atomic mass is 10.1. The molecule has 0 bridgehead atoms. The predicted octanol–water partition coefficient (Wildman–Crippen LogP) is 2.80. The van der Waals surface area contributed by atoms with Crippen LogP contribution in [0.5, 0.6) is 0 Å². The summed E-state index contributed by atoms with van der Waals surface area (Å²) in [6.07, 6.45) is -4.74. The van der Waals surface area contributed by atoms with Crippen LogP contribution in [0.15, 0.2) is 28.7 Å². The second-order valence-electron chi connectivity index (χ2n) is 3.69. The molecule has 1 unspecified atom stereocenters. The summed E-state index contributed by atoms with van der Waals surface area (Å²) in [5.41, 5.74) is 0.782. The molecule has 100 valence electrons. The van der Waals surface area contributed by atoms with Crippen LogP contribution in [-0.4, -0.2) is 23.8 Å². The summed E-state index contributed by atoms with van der Waals surface area (Å²) >= 11 is 3.24. The molecular formula is C11H11BrF3NO2. The first kappa shape index (κ1) is 15.0. The summed E-state index contributed by atoms with van der Waals surface area (Å²) in [5.74, 6) is -4.25. The monoisotopic (exact) mass is 325 g/mol. The minimum absolute atomic E-state index is 0.188. The van der Waals surface area contributed by atoms with E-state index in [9.17, 15) is 18.0 Å². The number of hydrogen-bond acceptors (Lipinski definition) is 2. The molecule has 2 N–H and O–H groups in total. The van der Waals surface area contributed by atoms with Crippen LogP contribution < -0.4 is 5.32 Å². The van der Waals surface area contributed by atoms with E-state index >= 15 is 0 Å². The maximum atomic E-state index is 12.3. The molecule has 1 aromatic carbocycles. The molecule has 0 aliphatic rings. The fourth-order valence-corrected chi connectivity index (χ4v) is 1.57. The van der Waals surface area contributed by atoms with Gasteiger partial charge in [-0.05, 0) is 17.7 Å². The molecular weight excluding hydrogens is 315 g/mol. The van der Waals surface area contributed by atoms with Crippen LogP contribution in [0.2, 0.25) is 0 Å². The van der Waals surface area contributed by atoms with Crippen molar-refractivity contribution in [3.8, 4) is 0 Å². The Bertz CT molecular complexity index is 406. The zero-order valence-electron chi connectivity index (χ0n) is 9.17. The highest BCUT2D eigenvalue weighted by Gasteiger charge is 2.44. The Balaban J connectivity index is 2.49. The highest BCUT2D eigenvalue weighted by Crippen LogP contribution is 2.25. The molecule has 0 saturated carbocycles. The molecule has 7 heteroatoms. The number of aliphatic carboxylic acids is 1. The first-order valence-electron chi connectivity index (χ1n) is 5.05. The van der Waals surface area contributed by atoms with Crippen LogP contribution in [0.1, 0.15) is 5.56 Å². The smallest absolute Gasteiger partial charge is 0.403 e. The van der Waals surface area contributed by atoms with Crippen LogP contribution in [-0.2, 0) is 11.3 Å². The van der Waals surface area contributed by atoms with E-state index in [1.165, 1.54) is 0 Å². The molecule has 0 fully saturated rings. The van der Waals surface area contributed by atoms with E-state index in [0.29, 0.717) is 0 Å². The molecule has 0 aliphatic heterocycles. The Hall–Kier alpha value is -1.08. The third-order valence-corrected chi connectivity index (χ3v) is 2.81. The zero-order chi connectivity index (χ0) is 13.8. The van der Waals surface area contributed by atoms with Crippen molar-refractivity contribution in [3.63, 3.8) is 0 Å². The third kappa shape index (κ3) is 4.66. The first-order valence-corrected chi connectivity index (χ1v) is 5.84. The Labute approximate surface area is 110 Å². The number of hydrogen-bond donors (Lipinski definition) is 2. The zero-order valence-corrected chi connectivity index (χ0v) is 10.8. The van der Waals surface area contributed by atoms with Gasteiger partial charge in [-0.3, -0.25) is 4.79 Å². The van der Waals surface area contributed by atoms with Gasteiger partial charge in [-0.2, -0.15) is 13.2 Å². The molecule has 0 saturated heterocycles. The van der Waals surface area contributed by atoms with Gasteiger partial charge in [-0.25, -0.2) is 0 Å². The number of carboxylic acid groups (broad SMARTS) is 1. The van der Waals surface area contributed by atoms with E-state index in [2.05, 4.69) is 21.2 Å². The molecule has 18 heavy (non-hydrogen) atoms. The van der Waals surface area contributed by atoms with Gasteiger partial charge in [0, 0.05) is 17.6 Å². The molecule has 3 nitrogen and oxygen atoms in total. The number of nitrogens with one attached hydrogen (secondary N) is 1. The molecule has 0 aliphatic carbocycles. The maximum Gasteiger partial charge on any atom is 0.403 e. The van der Waals surface area contributed by atoms with E-state index in [4.69, 9.17) is 5.11 Å². The van der Waals surface area contributed by atoms with Gasteiger partial charge in [0.1, 0.15) is 0 Å². The standard InChI is InChI=1S/C11H11BrF3NO2/c12-8-3-1-7(2-4-8)5-16-6-9(10(17)18)11(13,14)15/h1-4,9,16H,5-6H2,(H,17,18). The molecule has 0 amide bonds. The fourth-order valence-electron chi connectivity index (χ4n) is 1.31. The molecule has 1 atom stereocenters. The van der Waals surface area contributed by atoms with Crippen molar-refractivity contribution < 1.29 is 23.1 Å². The Morgan fingerprint density at radius 2 is 1.89 bits per heavy atom. The number of halogens is 4. The summed E-state index contributed by atoms with van der Waals surface area (Å²) in [6, 6.07) is 6.99. The summed E-state index contributed by atoms with van der Waals surface area (Å²) in [4.78, 5) is 10.5. The van der Waals surface area contributed by atoms with E-state index in [1.807, 2.05) is 0 Å². The Morgan fingerprint density at radius 3 is 2.33 bits per heavy atom. The van der Waals surface area contributed by atoms with Crippen LogP contribution in [0.25, 0.3) is 0 Å². The second-order valence-corrected chi connectivity index (χ2v) is 4.61. The number of carboxylic acids is 1. The van der Waals surface area contributed by atoms with Gasteiger partial charge in [-0.1, -0.05) is 28.1 Å². The molecule has 0 spiro atoms. The van der Waals surface area contributed by atoms with Gasteiger partial charge >= 0.3 is 12.1 Å². The largest absolute Gasteiger partial charge is 0.481 e. The number of rotatable bonds is 5. The number of alkyl halides is 3. The lowest BCUT2D eigenvalue weighted by molar-refractivity contribution is -0.192. The van der Waals surface area contributed by atoms with E-state index < -0.39 is 24.6 Å². The molecule has 1 rings (SSSR count). The van der Waals surface area contributed by atoms with Gasteiger partial charge in [-0.15, -0.1) is 0 Å². The van der Waals surface area contributed by atoms with E-state index in [1.54, 1.807) is 24.3 Å². The van der Waals surface area contributed by atoms with Crippen molar-refractivity contribution in [1.82, 2.24) is 5.32 Å². The normalized spacial score (nSPS) is 13.3. The summed E-state index contributed by atoms with van der Waals surface area (Å²) in [7, 11) is 0. The predicted molar refractivity (Wildman–Crippen MR) is 63.0 cm³/mol. The molecule has 0 heterocycles. The van der Waals surface area contributed by atoms with Crippen molar-refractivity contribution in [2.24, 2.45) is 5.92 Å². The van der Waals surface area contributed by atoms with E-state index in [0.717, 1.165) is 10.0 Å². The van der Waals surface area contributed by atoms with Gasteiger partial charge in [0.25, 0.3) is 0 Å². The van der Waals surface area contributed by atoms with Crippen molar-refractivity contribution in [2.45, 2.75) is 12.7 Å². The topological polar surface area (TPSA) is 49.3 Å². The number of carbonyl (C=O) groups is 1. The minimum Gasteiger partial charge on any atom is -0.481 e. The third-order valence-electron chi connectivity index (χ3n) is 2.28. The highest BCUT2D eigenvalue weighted by atomic mass is 79.9. The van der Waals surface area contributed by atoms with E-state index in [-0.39, 0.29) is 6.54 Å². The van der Waals surface area contributed by atoms with Gasteiger partial charge in [0.15, 0.2) is 5.92 Å². The first-order chi connectivity index (χ1) is 8.30. The van der Waals surface area contributed by atoms with Crippen LogP contribution in [0.4, 0.5) is 13.2 Å². The Morgan fingerprint density at radius 1 is 1.33 bits per heavy atom. The molecule has 0 radical (unpaired) electrons. The molecule has 1 aromatic rings. The van der Waals surface area contributed by atoms with Gasteiger partial charge < -0.3 is 10.4 Å². The maximum absolute atomic E-state index is 12.3. The average molecular weight is 326 g/mol. The lowest BCUT2D eigenvalue weighted by Crippen LogP contribution is -2.38. The van der Waals surface area contributed by atoms with Gasteiger partial charge in [0.05, 0.1) is 0 Å². The van der Waals surface area contributed by atoms with Crippen molar-refractivity contribution in [2.75, 3.05) is 6.54 Å². The molecule has 0 aromatic heterocycles. The van der Waals surface area contributed by atoms with Gasteiger partial charge in [0.2, 0.25) is 0 Å². The minimum atomic E-state index is -4.74. The summed E-state index contributed by atoms with van der Waals surface area (Å²) in [6.45, 7) is -0.456. The summed E-state index contributed by atoms with van der Waals surface area (Å²) in [5, 5.41) is 11.0. The van der Waals surface area contributed by atoms with Crippen molar-refractivity contribution in [1.29, 1.82) is 0 Å². The van der Waals surface area contributed by atoms with Crippen LogP contribution in [0, 0.1) is 5.92 Å². The Kier molecular flexibility index (Phi) is 5.15. The SMILES string of the molecule is O=C(O)C(CNCc1ccc(Br)cc1)C(F)(F)F. The number of benzene rings is 1. The van der Waals surface area contributed by atoms with Crippen LogP contribution >= 0.6 is 15.9 Å². The lowest BCUT2D eigenvalue weighted by Gasteiger charge is -2.16. The van der Waals surface area contributed by atoms with Crippen LogP contribution in [0.3, 0.4) is 0 Å². The average Bonchev–Trinajstić information content (AvgIpc) is 2.24.